The number of hydrogen-bond acceptors (Lipinski definition) is 2. The molecule has 3 N–H and O–H groups in total. The van der Waals surface area contributed by atoms with E-state index in [2.05, 4.69) is 67.8 Å². The van der Waals surface area contributed by atoms with Gasteiger partial charge in [-0.1, -0.05) is 67.4 Å². The molecule has 2 aromatic carbocycles. The van der Waals surface area contributed by atoms with E-state index in [9.17, 15) is 0 Å². The van der Waals surface area contributed by atoms with Crippen LogP contribution in [0.2, 0.25) is 0 Å². The van der Waals surface area contributed by atoms with Crippen molar-refractivity contribution < 1.29 is 0 Å². The van der Waals surface area contributed by atoms with Crippen molar-refractivity contribution in [2.45, 2.75) is 45.6 Å². The minimum Gasteiger partial charge on any atom is -0.271 e. The fourth-order valence-electron chi connectivity index (χ4n) is 2.73. The van der Waals surface area contributed by atoms with E-state index in [1.807, 2.05) is 0 Å². The van der Waals surface area contributed by atoms with E-state index in [0.717, 1.165) is 19.3 Å². The molecule has 0 fully saturated rings. The zero-order valence-corrected chi connectivity index (χ0v) is 13.1. The maximum Gasteiger partial charge on any atom is 0.0463 e. The van der Waals surface area contributed by atoms with Crippen molar-refractivity contribution in [2.75, 3.05) is 0 Å². The standard InChI is InChI=1S/C19H26N2/c1-3-5-16-8-11-18(12-9-16)19(21-20)13-10-17-7-4-6-15(2)14-17/h4,6-9,11-12,14,19,21H,3,5,10,13,20H2,1-2H3. The van der Waals surface area contributed by atoms with Crippen molar-refractivity contribution >= 4 is 0 Å². The van der Waals surface area contributed by atoms with Crippen LogP contribution >= 0.6 is 0 Å². The molecular formula is C19H26N2. The van der Waals surface area contributed by atoms with Crippen molar-refractivity contribution in [2.24, 2.45) is 5.84 Å². The van der Waals surface area contributed by atoms with Crippen LogP contribution in [0.15, 0.2) is 48.5 Å². The van der Waals surface area contributed by atoms with Crippen LogP contribution in [0.1, 0.15) is 48.1 Å². The predicted molar refractivity (Wildman–Crippen MR) is 90.0 cm³/mol. The molecule has 2 rings (SSSR count). The highest BCUT2D eigenvalue weighted by atomic mass is 15.2. The van der Waals surface area contributed by atoms with E-state index < -0.39 is 0 Å². The Morgan fingerprint density at radius 3 is 2.38 bits per heavy atom. The summed E-state index contributed by atoms with van der Waals surface area (Å²) in [7, 11) is 0. The lowest BCUT2D eigenvalue weighted by Crippen LogP contribution is -2.28. The maximum absolute atomic E-state index is 5.75. The summed E-state index contributed by atoms with van der Waals surface area (Å²) in [5, 5.41) is 0. The number of benzene rings is 2. The third kappa shape index (κ3) is 4.69. The number of hydrogen-bond donors (Lipinski definition) is 2. The Hall–Kier alpha value is -1.64. The molecule has 2 heteroatoms. The molecule has 0 heterocycles. The largest absolute Gasteiger partial charge is 0.271 e. The molecule has 0 aliphatic rings. The minimum atomic E-state index is 0.209. The third-order valence-electron chi connectivity index (χ3n) is 3.93. The lowest BCUT2D eigenvalue weighted by atomic mass is 9.97. The Kier molecular flexibility index (Phi) is 5.97. The van der Waals surface area contributed by atoms with Gasteiger partial charge in [0.25, 0.3) is 0 Å². The Balaban J connectivity index is 1.99. The smallest absolute Gasteiger partial charge is 0.0463 e. The average Bonchev–Trinajstić information content (AvgIpc) is 2.50. The summed E-state index contributed by atoms with van der Waals surface area (Å²) >= 11 is 0. The third-order valence-corrected chi connectivity index (χ3v) is 3.93. The van der Waals surface area contributed by atoms with Crippen molar-refractivity contribution in [3.05, 3.63) is 70.8 Å². The molecule has 21 heavy (non-hydrogen) atoms. The highest BCUT2D eigenvalue weighted by Gasteiger charge is 2.09. The van der Waals surface area contributed by atoms with Crippen LogP contribution in [0.3, 0.4) is 0 Å². The van der Waals surface area contributed by atoms with Gasteiger partial charge in [-0.25, -0.2) is 0 Å². The molecule has 0 radical (unpaired) electrons. The van der Waals surface area contributed by atoms with Gasteiger partial charge in [-0.15, -0.1) is 0 Å². The van der Waals surface area contributed by atoms with Crippen molar-refractivity contribution in [3.63, 3.8) is 0 Å². The van der Waals surface area contributed by atoms with Crippen LogP contribution in [-0.2, 0) is 12.8 Å². The van der Waals surface area contributed by atoms with Gasteiger partial charge in [-0.05, 0) is 42.9 Å². The van der Waals surface area contributed by atoms with E-state index in [1.165, 1.54) is 28.7 Å². The molecule has 0 aliphatic carbocycles. The van der Waals surface area contributed by atoms with Crippen molar-refractivity contribution in [3.8, 4) is 0 Å². The summed E-state index contributed by atoms with van der Waals surface area (Å²) in [6.07, 6.45) is 4.37. The minimum absolute atomic E-state index is 0.209. The van der Waals surface area contributed by atoms with Gasteiger partial charge in [-0.3, -0.25) is 11.3 Å². The molecule has 1 atom stereocenters. The Morgan fingerprint density at radius 1 is 1.00 bits per heavy atom. The first-order valence-electron chi connectivity index (χ1n) is 7.83. The molecule has 0 aliphatic heterocycles. The van der Waals surface area contributed by atoms with E-state index in [4.69, 9.17) is 5.84 Å². The SMILES string of the molecule is CCCc1ccc(C(CCc2cccc(C)c2)NN)cc1. The van der Waals surface area contributed by atoms with Crippen LogP contribution in [0.4, 0.5) is 0 Å². The first-order valence-corrected chi connectivity index (χ1v) is 7.83. The molecule has 2 nitrogen and oxygen atoms in total. The average molecular weight is 282 g/mol. The maximum atomic E-state index is 5.75. The molecule has 112 valence electrons. The summed E-state index contributed by atoms with van der Waals surface area (Å²) < 4.78 is 0. The molecule has 0 amide bonds. The molecule has 0 saturated carbocycles. The molecule has 0 spiro atoms. The Labute approximate surface area is 128 Å². The molecular weight excluding hydrogens is 256 g/mol. The zero-order valence-electron chi connectivity index (χ0n) is 13.1. The van der Waals surface area contributed by atoms with Crippen LogP contribution in [0, 0.1) is 6.92 Å². The van der Waals surface area contributed by atoms with Gasteiger partial charge in [-0.2, -0.15) is 0 Å². The normalized spacial score (nSPS) is 12.3. The van der Waals surface area contributed by atoms with Gasteiger partial charge < -0.3 is 0 Å². The lowest BCUT2D eigenvalue weighted by molar-refractivity contribution is 0.516. The van der Waals surface area contributed by atoms with Gasteiger partial charge in [0, 0.05) is 6.04 Å². The fourth-order valence-corrected chi connectivity index (χ4v) is 2.73. The highest BCUT2D eigenvalue weighted by Crippen LogP contribution is 2.20. The molecule has 0 aromatic heterocycles. The Bertz CT molecular complexity index is 546. The topological polar surface area (TPSA) is 38.0 Å². The number of rotatable bonds is 7. The number of aryl methyl sites for hydroxylation is 3. The quantitative estimate of drug-likeness (QED) is 0.593. The predicted octanol–water partition coefficient (Wildman–Crippen LogP) is 4.08. The van der Waals surface area contributed by atoms with E-state index in [1.54, 1.807) is 0 Å². The first-order chi connectivity index (χ1) is 10.2. The van der Waals surface area contributed by atoms with Gasteiger partial charge >= 0.3 is 0 Å². The van der Waals surface area contributed by atoms with Gasteiger partial charge in [0.15, 0.2) is 0 Å². The van der Waals surface area contributed by atoms with Gasteiger partial charge in [0.2, 0.25) is 0 Å². The monoisotopic (exact) mass is 282 g/mol. The zero-order chi connectivity index (χ0) is 15.1. The van der Waals surface area contributed by atoms with Crippen LogP contribution in [0.25, 0.3) is 0 Å². The summed E-state index contributed by atoms with van der Waals surface area (Å²) in [5.41, 5.74) is 8.31. The summed E-state index contributed by atoms with van der Waals surface area (Å²) in [4.78, 5) is 0. The number of nitrogens with two attached hydrogens (primary N) is 1. The van der Waals surface area contributed by atoms with Crippen LogP contribution < -0.4 is 11.3 Å². The Morgan fingerprint density at radius 2 is 1.76 bits per heavy atom. The van der Waals surface area contributed by atoms with Crippen LogP contribution in [-0.4, -0.2) is 0 Å². The van der Waals surface area contributed by atoms with Crippen LogP contribution in [0.5, 0.6) is 0 Å². The number of hydrazine groups is 1. The highest BCUT2D eigenvalue weighted by molar-refractivity contribution is 5.26. The first kappa shape index (κ1) is 15.7. The van der Waals surface area contributed by atoms with E-state index in [0.29, 0.717) is 0 Å². The second kappa shape index (κ2) is 7.96. The molecule has 1 unspecified atom stereocenters. The summed E-state index contributed by atoms with van der Waals surface area (Å²) in [5.74, 6) is 5.75. The lowest BCUT2D eigenvalue weighted by Gasteiger charge is -2.17. The van der Waals surface area contributed by atoms with Gasteiger partial charge in [0.1, 0.15) is 0 Å². The van der Waals surface area contributed by atoms with Gasteiger partial charge in [0.05, 0.1) is 0 Å². The van der Waals surface area contributed by atoms with Crippen molar-refractivity contribution in [1.29, 1.82) is 0 Å². The molecule has 2 aromatic rings. The van der Waals surface area contributed by atoms with E-state index in [-0.39, 0.29) is 6.04 Å². The molecule has 0 bridgehead atoms. The second-order valence-electron chi connectivity index (χ2n) is 5.74. The van der Waals surface area contributed by atoms with E-state index >= 15 is 0 Å². The summed E-state index contributed by atoms with van der Waals surface area (Å²) in [6.45, 7) is 4.34. The fraction of sp³-hybridized carbons (Fsp3) is 0.368. The number of nitrogens with one attached hydrogen (secondary N) is 1. The summed E-state index contributed by atoms with van der Waals surface area (Å²) in [6, 6.07) is 17.7. The molecule has 0 saturated heterocycles. The second-order valence-corrected chi connectivity index (χ2v) is 5.74. The van der Waals surface area contributed by atoms with Crippen molar-refractivity contribution in [1.82, 2.24) is 5.43 Å².